The van der Waals surface area contributed by atoms with E-state index in [1.165, 1.54) is 5.56 Å². The fourth-order valence-electron chi connectivity index (χ4n) is 3.34. The van der Waals surface area contributed by atoms with Gasteiger partial charge in [-0.05, 0) is 59.1 Å². The molecule has 2 aromatic rings. The maximum absolute atomic E-state index is 6.18. The van der Waals surface area contributed by atoms with Crippen molar-refractivity contribution in [2.45, 2.75) is 72.3 Å². The summed E-state index contributed by atoms with van der Waals surface area (Å²) in [4.78, 5) is 4.83. The molecular weight excluding hydrogens is 519 g/mol. The van der Waals surface area contributed by atoms with Crippen molar-refractivity contribution >= 4 is 29.9 Å². The van der Waals surface area contributed by atoms with Gasteiger partial charge in [0, 0.05) is 25.8 Å². The lowest BCUT2D eigenvalue weighted by molar-refractivity contribution is 0.113. The lowest BCUT2D eigenvalue weighted by Gasteiger charge is -2.23. The molecule has 3 rings (SSSR count). The Labute approximate surface area is 208 Å². The molecule has 0 radical (unpaired) electrons. The third-order valence-corrected chi connectivity index (χ3v) is 5.16. The minimum Gasteiger partial charge on any atom is -0.488 e. The zero-order valence-corrected chi connectivity index (χ0v) is 22.4. The summed E-state index contributed by atoms with van der Waals surface area (Å²) in [5.74, 6) is 3.33. The van der Waals surface area contributed by atoms with E-state index in [-0.39, 0.29) is 35.7 Å². The summed E-state index contributed by atoms with van der Waals surface area (Å²) in [5, 5.41) is 15.2. The summed E-state index contributed by atoms with van der Waals surface area (Å²) in [5.41, 5.74) is 1.95. The minimum absolute atomic E-state index is 0. The number of nitrogens with zero attached hydrogens (tertiary/aromatic N) is 4. The molecular formula is C23H37IN6O2. The predicted molar refractivity (Wildman–Crippen MR) is 138 cm³/mol. The monoisotopic (exact) mass is 556 g/mol. The van der Waals surface area contributed by atoms with Crippen LogP contribution in [0.3, 0.4) is 0 Å². The summed E-state index contributed by atoms with van der Waals surface area (Å²) >= 11 is 0. The summed E-state index contributed by atoms with van der Waals surface area (Å²) in [6.07, 6.45) is 2.41. The normalized spacial score (nSPS) is 16.6. The van der Waals surface area contributed by atoms with E-state index in [0.717, 1.165) is 54.9 Å². The van der Waals surface area contributed by atoms with Gasteiger partial charge in [-0.25, -0.2) is 4.99 Å². The highest BCUT2D eigenvalue weighted by Gasteiger charge is 2.17. The van der Waals surface area contributed by atoms with E-state index < -0.39 is 0 Å². The summed E-state index contributed by atoms with van der Waals surface area (Å²) in [6.45, 7) is 12.8. The van der Waals surface area contributed by atoms with Gasteiger partial charge in [0.2, 0.25) is 0 Å². The van der Waals surface area contributed by atoms with Crippen molar-refractivity contribution in [1.82, 2.24) is 25.4 Å². The van der Waals surface area contributed by atoms with Crippen molar-refractivity contribution in [2.75, 3.05) is 13.2 Å². The van der Waals surface area contributed by atoms with Crippen LogP contribution < -0.4 is 15.4 Å². The van der Waals surface area contributed by atoms with Crippen molar-refractivity contribution in [3.8, 4) is 5.75 Å². The van der Waals surface area contributed by atoms with Gasteiger partial charge < -0.3 is 24.7 Å². The molecule has 1 aromatic carbocycles. The molecule has 0 bridgehead atoms. The second-order valence-electron chi connectivity index (χ2n) is 9.08. The molecule has 2 N–H and O–H groups in total. The van der Waals surface area contributed by atoms with Crippen LogP contribution >= 0.6 is 24.0 Å². The van der Waals surface area contributed by atoms with E-state index in [9.17, 15) is 0 Å². The molecule has 0 amide bonds. The van der Waals surface area contributed by atoms with Crippen molar-refractivity contribution in [3.63, 3.8) is 0 Å². The molecule has 1 aliphatic heterocycles. The fourth-order valence-corrected chi connectivity index (χ4v) is 3.34. The number of aliphatic imine (C=N–C) groups is 1. The van der Waals surface area contributed by atoms with Crippen molar-refractivity contribution < 1.29 is 9.47 Å². The number of aryl methyl sites for hydroxylation is 2. The molecule has 0 saturated carbocycles. The molecule has 0 spiro atoms. The maximum Gasteiger partial charge on any atom is 0.192 e. The van der Waals surface area contributed by atoms with Crippen LogP contribution in [0.5, 0.6) is 5.75 Å². The Bertz CT molecular complexity index is 900. The van der Waals surface area contributed by atoms with Gasteiger partial charge in [-0.1, -0.05) is 12.1 Å². The van der Waals surface area contributed by atoms with E-state index >= 15 is 0 Å². The quantitative estimate of drug-likeness (QED) is 0.308. The lowest BCUT2D eigenvalue weighted by Crippen LogP contribution is -2.41. The van der Waals surface area contributed by atoms with Gasteiger partial charge in [-0.2, -0.15) is 0 Å². The largest absolute Gasteiger partial charge is 0.488 e. The SMILES string of the molecule is Cc1ccc(CN=C(NCc2nnc(C)n2C)NCC2CCCO2)c(OC(C)(C)C)c1.I. The minimum atomic E-state index is -0.269. The van der Waals surface area contributed by atoms with Gasteiger partial charge >= 0.3 is 0 Å². The zero-order chi connectivity index (χ0) is 22.4. The number of hydrogen-bond donors (Lipinski definition) is 2. The Morgan fingerprint density at radius 2 is 2.03 bits per heavy atom. The average Bonchev–Trinajstić information content (AvgIpc) is 3.32. The first-order valence-electron chi connectivity index (χ1n) is 11.0. The Hall–Kier alpha value is -1.88. The van der Waals surface area contributed by atoms with Gasteiger partial charge in [-0.3, -0.25) is 0 Å². The molecule has 1 aliphatic rings. The molecule has 0 aliphatic carbocycles. The molecule has 2 heterocycles. The highest BCUT2D eigenvalue weighted by molar-refractivity contribution is 14.0. The molecule has 9 heteroatoms. The van der Waals surface area contributed by atoms with Crippen LogP contribution in [0.15, 0.2) is 23.2 Å². The number of benzene rings is 1. The van der Waals surface area contributed by atoms with Crippen molar-refractivity contribution in [1.29, 1.82) is 0 Å². The van der Waals surface area contributed by atoms with Crippen LogP contribution in [0.25, 0.3) is 0 Å². The van der Waals surface area contributed by atoms with E-state index in [0.29, 0.717) is 13.1 Å². The van der Waals surface area contributed by atoms with Crippen LogP contribution in [0, 0.1) is 13.8 Å². The fraction of sp³-hybridized carbons (Fsp3) is 0.609. The summed E-state index contributed by atoms with van der Waals surface area (Å²) in [6, 6.07) is 6.25. The average molecular weight is 556 g/mol. The molecule has 1 fully saturated rings. The smallest absolute Gasteiger partial charge is 0.192 e. The van der Waals surface area contributed by atoms with Gasteiger partial charge in [0.05, 0.1) is 19.2 Å². The zero-order valence-electron chi connectivity index (χ0n) is 20.1. The number of nitrogens with one attached hydrogen (secondary N) is 2. The molecule has 1 unspecified atom stereocenters. The highest BCUT2D eigenvalue weighted by Crippen LogP contribution is 2.25. The molecule has 1 aromatic heterocycles. The van der Waals surface area contributed by atoms with Crippen LogP contribution in [0.1, 0.15) is 56.4 Å². The molecule has 1 saturated heterocycles. The third-order valence-electron chi connectivity index (χ3n) is 5.16. The first-order valence-corrected chi connectivity index (χ1v) is 11.0. The Balaban J connectivity index is 0.00000363. The van der Waals surface area contributed by atoms with E-state index in [1.807, 2.05) is 18.5 Å². The van der Waals surface area contributed by atoms with E-state index in [1.54, 1.807) is 0 Å². The second kappa shape index (κ2) is 11.8. The Morgan fingerprint density at radius 1 is 1.25 bits per heavy atom. The third kappa shape index (κ3) is 7.91. The van der Waals surface area contributed by atoms with Gasteiger partial charge in [0.1, 0.15) is 17.2 Å². The molecule has 178 valence electrons. The number of ether oxygens (including phenoxy) is 2. The predicted octanol–water partition coefficient (Wildman–Crippen LogP) is 3.64. The standard InChI is InChI=1S/C23H36N6O2.HI/c1-16-9-10-18(20(12-16)31-23(3,4)5)13-24-22(25-14-19-8-7-11-30-19)26-15-21-28-27-17(2)29(21)6;/h9-10,12,19H,7-8,11,13-15H2,1-6H3,(H2,24,25,26);1H. The van der Waals surface area contributed by atoms with Gasteiger partial charge in [-0.15, -0.1) is 34.2 Å². The number of halogens is 1. The van der Waals surface area contributed by atoms with Gasteiger partial charge in [0.25, 0.3) is 0 Å². The highest BCUT2D eigenvalue weighted by atomic mass is 127. The number of guanidine groups is 1. The second-order valence-corrected chi connectivity index (χ2v) is 9.08. The van der Waals surface area contributed by atoms with Crippen LogP contribution in [-0.4, -0.2) is 45.6 Å². The van der Waals surface area contributed by atoms with E-state index in [2.05, 4.69) is 66.7 Å². The lowest BCUT2D eigenvalue weighted by atomic mass is 10.1. The Kier molecular flexibility index (Phi) is 9.75. The number of aromatic nitrogens is 3. The van der Waals surface area contributed by atoms with Crippen molar-refractivity contribution in [3.05, 3.63) is 41.0 Å². The first-order chi connectivity index (χ1) is 14.7. The van der Waals surface area contributed by atoms with Crippen LogP contribution in [0.4, 0.5) is 0 Å². The number of rotatable bonds is 7. The van der Waals surface area contributed by atoms with Gasteiger partial charge in [0.15, 0.2) is 11.8 Å². The molecule has 8 nitrogen and oxygen atoms in total. The summed E-state index contributed by atoms with van der Waals surface area (Å²) < 4.78 is 13.9. The van der Waals surface area contributed by atoms with Crippen molar-refractivity contribution in [2.24, 2.45) is 12.0 Å². The first kappa shape index (κ1) is 26.4. The maximum atomic E-state index is 6.18. The van der Waals surface area contributed by atoms with Crippen LogP contribution in [0.2, 0.25) is 0 Å². The topological polar surface area (TPSA) is 85.6 Å². The van der Waals surface area contributed by atoms with Crippen LogP contribution in [-0.2, 0) is 24.9 Å². The molecule has 1 atom stereocenters. The summed E-state index contributed by atoms with van der Waals surface area (Å²) in [7, 11) is 1.96. The molecule has 32 heavy (non-hydrogen) atoms. The Morgan fingerprint density at radius 3 is 2.66 bits per heavy atom. The number of hydrogen-bond acceptors (Lipinski definition) is 5. The van der Waals surface area contributed by atoms with E-state index in [4.69, 9.17) is 14.5 Å².